The number of hydrogen-bond donors (Lipinski definition) is 2. The Morgan fingerprint density at radius 1 is 1.19 bits per heavy atom. The van der Waals surface area contributed by atoms with Gasteiger partial charge in [0.1, 0.15) is 5.82 Å². The van der Waals surface area contributed by atoms with Crippen LogP contribution in [0.15, 0.2) is 71.4 Å². The Morgan fingerprint density at radius 2 is 1.94 bits per heavy atom. The van der Waals surface area contributed by atoms with Gasteiger partial charge in [0, 0.05) is 15.8 Å². The van der Waals surface area contributed by atoms with Crippen molar-refractivity contribution in [2.24, 2.45) is 5.10 Å². The monoisotopic (exact) mass is 550 g/mol. The highest BCUT2D eigenvalue weighted by atomic mass is 127. The molecule has 0 spiro atoms. The molecule has 0 aliphatic heterocycles. The molecule has 1 aromatic heterocycles. The molecule has 3 aromatic rings. The SMILES string of the molecule is C=CCn1c(CNc2ccc(I)cc2)nnc1SCC(=O)N/N=C\c1ccc(F)cc1. The van der Waals surface area contributed by atoms with Crippen LogP contribution in [-0.4, -0.2) is 32.6 Å². The van der Waals surface area contributed by atoms with Crippen molar-refractivity contribution in [1.29, 1.82) is 0 Å². The van der Waals surface area contributed by atoms with Gasteiger partial charge in [-0.05, 0) is 64.6 Å². The second-order valence-corrected chi connectivity index (χ2v) is 8.48. The normalized spacial score (nSPS) is 10.9. The summed E-state index contributed by atoms with van der Waals surface area (Å²) in [6.07, 6.45) is 3.21. The molecule has 1 heterocycles. The van der Waals surface area contributed by atoms with Crippen molar-refractivity contribution in [2.45, 2.75) is 18.2 Å². The lowest BCUT2D eigenvalue weighted by molar-refractivity contribution is -0.118. The van der Waals surface area contributed by atoms with Gasteiger partial charge in [0.2, 0.25) is 0 Å². The van der Waals surface area contributed by atoms with E-state index in [1.807, 2.05) is 28.8 Å². The van der Waals surface area contributed by atoms with Gasteiger partial charge in [-0.2, -0.15) is 5.10 Å². The Kier molecular flexibility index (Phi) is 8.59. The number of hydrazone groups is 1. The predicted molar refractivity (Wildman–Crippen MR) is 130 cm³/mol. The van der Waals surface area contributed by atoms with E-state index in [0.29, 0.717) is 23.8 Å². The van der Waals surface area contributed by atoms with E-state index < -0.39 is 0 Å². The quantitative estimate of drug-likeness (QED) is 0.131. The molecule has 3 rings (SSSR count). The average molecular weight is 550 g/mol. The Bertz CT molecular complexity index is 1050. The molecule has 2 aromatic carbocycles. The van der Waals surface area contributed by atoms with Gasteiger partial charge in [0.05, 0.1) is 18.5 Å². The van der Waals surface area contributed by atoms with Crippen LogP contribution in [0.2, 0.25) is 0 Å². The number of hydrogen-bond acceptors (Lipinski definition) is 6. The number of nitrogens with zero attached hydrogens (tertiary/aromatic N) is 4. The maximum atomic E-state index is 12.9. The number of carbonyl (C=O) groups excluding carboxylic acids is 1. The summed E-state index contributed by atoms with van der Waals surface area (Å²) in [5.41, 5.74) is 4.12. The molecule has 2 N–H and O–H groups in total. The molecular weight excluding hydrogens is 530 g/mol. The Labute approximate surface area is 197 Å². The van der Waals surface area contributed by atoms with E-state index in [4.69, 9.17) is 0 Å². The third-order valence-electron chi connectivity index (χ3n) is 4.01. The highest BCUT2D eigenvalue weighted by Gasteiger charge is 2.13. The van der Waals surface area contributed by atoms with Crippen LogP contribution in [0.3, 0.4) is 0 Å². The molecule has 0 saturated carbocycles. The minimum absolute atomic E-state index is 0.126. The maximum absolute atomic E-state index is 12.9. The summed E-state index contributed by atoms with van der Waals surface area (Å²) < 4.78 is 16.0. The fraction of sp³-hybridized carbons (Fsp3) is 0.143. The third kappa shape index (κ3) is 7.17. The summed E-state index contributed by atoms with van der Waals surface area (Å²) in [6, 6.07) is 13.9. The van der Waals surface area contributed by atoms with Crippen LogP contribution in [-0.2, 0) is 17.9 Å². The highest BCUT2D eigenvalue weighted by molar-refractivity contribution is 14.1. The Morgan fingerprint density at radius 3 is 2.65 bits per heavy atom. The van der Waals surface area contributed by atoms with Gasteiger partial charge < -0.3 is 9.88 Å². The number of aromatic nitrogens is 3. The first-order chi connectivity index (χ1) is 15.0. The first-order valence-corrected chi connectivity index (χ1v) is 11.3. The van der Waals surface area contributed by atoms with Crippen molar-refractivity contribution >= 4 is 52.2 Å². The number of nitrogens with one attached hydrogen (secondary N) is 2. The first-order valence-electron chi connectivity index (χ1n) is 9.28. The number of thioether (sulfide) groups is 1. The number of anilines is 1. The minimum atomic E-state index is -0.325. The van der Waals surface area contributed by atoms with Gasteiger partial charge in [-0.25, -0.2) is 9.82 Å². The zero-order chi connectivity index (χ0) is 22.1. The van der Waals surface area contributed by atoms with E-state index in [1.165, 1.54) is 30.1 Å². The third-order valence-corrected chi connectivity index (χ3v) is 5.69. The van der Waals surface area contributed by atoms with E-state index in [1.54, 1.807) is 18.2 Å². The number of halogens is 2. The van der Waals surface area contributed by atoms with Crippen molar-refractivity contribution in [3.8, 4) is 0 Å². The largest absolute Gasteiger partial charge is 0.378 e. The molecule has 0 atom stereocenters. The lowest BCUT2D eigenvalue weighted by Gasteiger charge is -2.09. The molecule has 1 amide bonds. The molecule has 0 unspecified atom stereocenters. The number of rotatable bonds is 10. The average Bonchev–Trinajstić information content (AvgIpc) is 3.15. The summed E-state index contributed by atoms with van der Waals surface area (Å²) in [5.74, 6) is 0.265. The standard InChI is InChI=1S/C21H20FIN6OS/c1-2-11-29-19(13-24-18-9-7-17(23)8-10-18)26-28-21(29)31-14-20(30)27-25-12-15-3-5-16(22)6-4-15/h2-10,12,24H,1,11,13-14H2,(H,27,30)/b25-12-. The molecule has 10 heteroatoms. The van der Waals surface area contributed by atoms with Gasteiger partial charge in [0.25, 0.3) is 5.91 Å². The molecule has 0 radical (unpaired) electrons. The lowest BCUT2D eigenvalue weighted by Crippen LogP contribution is -2.20. The topological polar surface area (TPSA) is 84.2 Å². The highest BCUT2D eigenvalue weighted by Crippen LogP contribution is 2.18. The van der Waals surface area contributed by atoms with Crippen molar-refractivity contribution < 1.29 is 9.18 Å². The Hall–Kier alpha value is -2.73. The second-order valence-electron chi connectivity index (χ2n) is 6.29. The minimum Gasteiger partial charge on any atom is -0.378 e. The van der Waals surface area contributed by atoms with Crippen molar-refractivity contribution in [3.05, 3.63) is 82.0 Å². The molecule has 0 bridgehead atoms. The van der Waals surface area contributed by atoms with Crippen molar-refractivity contribution in [3.63, 3.8) is 0 Å². The number of carbonyl (C=O) groups is 1. The Balaban J connectivity index is 1.54. The van der Waals surface area contributed by atoms with Crippen LogP contribution in [0.4, 0.5) is 10.1 Å². The zero-order valence-corrected chi connectivity index (χ0v) is 19.4. The van der Waals surface area contributed by atoms with Crippen LogP contribution in [0.5, 0.6) is 0 Å². The number of benzene rings is 2. The van der Waals surface area contributed by atoms with Crippen LogP contribution in [0, 0.1) is 9.39 Å². The van der Waals surface area contributed by atoms with Gasteiger partial charge in [-0.1, -0.05) is 30.0 Å². The first kappa shape index (κ1) is 22.9. The van der Waals surface area contributed by atoms with E-state index >= 15 is 0 Å². The predicted octanol–water partition coefficient (Wildman–Crippen LogP) is 4.06. The smallest absolute Gasteiger partial charge is 0.250 e. The molecule has 31 heavy (non-hydrogen) atoms. The van der Waals surface area contributed by atoms with Crippen LogP contribution < -0.4 is 10.7 Å². The molecule has 160 valence electrons. The molecular formula is C21H20FIN6OS. The zero-order valence-electron chi connectivity index (χ0n) is 16.5. The van der Waals surface area contributed by atoms with E-state index in [2.05, 4.69) is 55.2 Å². The van der Waals surface area contributed by atoms with E-state index in [-0.39, 0.29) is 17.5 Å². The summed E-state index contributed by atoms with van der Waals surface area (Å²) in [6.45, 7) is 4.81. The lowest BCUT2D eigenvalue weighted by atomic mass is 10.2. The van der Waals surface area contributed by atoms with Crippen molar-refractivity contribution in [1.82, 2.24) is 20.2 Å². The van der Waals surface area contributed by atoms with Crippen LogP contribution in [0.25, 0.3) is 0 Å². The number of allylic oxidation sites excluding steroid dienone is 1. The van der Waals surface area contributed by atoms with E-state index in [9.17, 15) is 9.18 Å². The van der Waals surface area contributed by atoms with E-state index in [0.717, 1.165) is 15.1 Å². The fourth-order valence-electron chi connectivity index (χ4n) is 2.51. The molecule has 0 aliphatic carbocycles. The maximum Gasteiger partial charge on any atom is 0.250 e. The fourth-order valence-corrected chi connectivity index (χ4v) is 3.63. The van der Waals surface area contributed by atoms with Crippen LogP contribution in [0.1, 0.15) is 11.4 Å². The molecule has 0 saturated heterocycles. The second kappa shape index (κ2) is 11.6. The van der Waals surface area contributed by atoms with Crippen LogP contribution >= 0.6 is 34.4 Å². The van der Waals surface area contributed by atoms with Gasteiger partial charge in [-0.15, -0.1) is 16.8 Å². The summed E-state index contributed by atoms with van der Waals surface area (Å²) >= 11 is 3.52. The van der Waals surface area contributed by atoms with Gasteiger partial charge in [0.15, 0.2) is 11.0 Å². The molecule has 7 nitrogen and oxygen atoms in total. The molecule has 0 aliphatic rings. The van der Waals surface area contributed by atoms with Gasteiger partial charge in [-0.3, -0.25) is 4.79 Å². The summed E-state index contributed by atoms with van der Waals surface area (Å²) in [7, 11) is 0. The summed E-state index contributed by atoms with van der Waals surface area (Å²) in [4.78, 5) is 12.1. The summed E-state index contributed by atoms with van der Waals surface area (Å²) in [5, 5.41) is 16.3. The number of amides is 1. The van der Waals surface area contributed by atoms with Gasteiger partial charge >= 0.3 is 0 Å². The van der Waals surface area contributed by atoms with Crippen molar-refractivity contribution in [2.75, 3.05) is 11.1 Å². The molecule has 0 fully saturated rings.